The number of amides is 1. The maximum atomic E-state index is 13.3. The van der Waals surface area contributed by atoms with Gasteiger partial charge in [0.25, 0.3) is 10.0 Å². The van der Waals surface area contributed by atoms with Crippen molar-refractivity contribution in [3.8, 4) is 0 Å². The summed E-state index contributed by atoms with van der Waals surface area (Å²) >= 11 is 6.14. The highest BCUT2D eigenvalue weighted by atomic mass is 35.5. The van der Waals surface area contributed by atoms with Crippen molar-refractivity contribution in [1.29, 1.82) is 0 Å². The average Bonchev–Trinajstić information content (AvgIpc) is 2.78. The summed E-state index contributed by atoms with van der Waals surface area (Å²) in [5, 5.41) is 2.66. The Hall–Kier alpha value is -3.43. The number of nitrogens with zero attached hydrogens (tertiary/aromatic N) is 1. The van der Waals surface area contributed by atoms with Crippen LogP contribution in [0.25, 0.3) is 0 Å². The summed E-state index contributed by atoms with van der Waals surface area (Å²) in [6.45, 7) is 3.14. The average molecular weight is 505 g/mol. The molecule has 0 heterocycles. The highest BCUT2D eigenvalue weighted by Gasteiger charge is 2.27. The van der Waals surface area contributed by atoms with Crippen LogP contribution in [0.15, 0.2) is 71.6 Å². The first-order chi connectivity index (χ1) is 16.1. The molecule has 1 amide bonds. The zero-order chi connectivity index (χ0) is 24.9. The molecule has 0 aliphatic rings. The van der Waals surface area contributed by atoms with E-state index in [0.717, 1.165) is 34.1 Å². The molecule has 7 nitrogen and oxygen atoms in total. The molecule has 0 spiro atoms. The molecule has 0 unspecified atom stereocenters. The number of ether oxygens (including phenoxy) is 1. The summed E-state index contributed by atoms with van der Waals surface area (Å²) in [5.41, 5.74) is 1.58. The monoisotopic (exact) mass is 504 g/mol. The first kappa shape index (κ1) is 25.2. The normalized spacial score (nSPS) is 11.1. The summed E-state index contributed by atoms with van der Waals surface area (Å²) in [6.07, 6.45) is 0. The van der Waals surface area contributed by atoms with E-state index >= 15 is 0 Å². The fourth-order valence-corrected chi connectivity index (χ4v) is 4.74. The Kier molecular flexibility index (Phi) is 7.90. The summed E-state index contributed by atoms with van der Waals surface area (Å²) in [7, 11) is -4.18. The van der Waals surface area contributed by atoms with Crippen molar-refractivity contribution >= 4 is 44.9 Å². The third-order valence-corrected chi connectivity index (χ3v) is 6.86. The minimum absolute atomic E-state index is 0.0746. The SMILES string of the molecule is CCOC(=O)c1ccc(NC(=O)CN(c2ccc(C)cc2)S(=O)(=O)c2ccc(F)cc2)cc1Cl. The van der Waals surface area contributed by atoms with E-state index in [1.807, 2.05) is 6.92 Å². The number of carbonyl (C=O) groups excluding carboxylic acids is 2. The predicted octanol–water partition coefficient (Wildman–Crippen LogP) is 4.80. The third kappa shape index (κ3) is 5.92. The molecule has 178 valence electrons. The van der Waals surface area contributed by atoms with E-state index in [1.165, 1.54) is 18.2 Å². The van der Waals surface area contributed by atoms with Crippen molar-refractivity contribution in [2.24, 2.45) is 0 Å². The Labute approximate surface area is 202 Å². The van der Waals surface area contributed by atoms with Crippen molar-refractivity contribution in [2.75, 3.05) is 22.8 Å². The second-order valence-corrected chi connectivity index (χ2v) is 9.53. The van der Waals surface area contributed by atoms with Crippen molar-refractivity contribution in [3.63, 3.8) is 0 Å². The van der Waals surface area contributed by atoms with Crippen LogP contribution in [0, 0.1) is 12.7 Å². The highest BCUT2D eigenvalue weighted by molar-refractivity contribution is 7.92. The number of sulfonamides is 1. The molecule has 0 aliphatic heterocycles. The molecule has 0 aromatic heterocycles. The van der Waals surface area contributed by atoms with Gasteiger partial charge in [-0.25, -0.2) is 17.6 Å². The molecule has 0 atom stereocenters. The van der Waals surface area contributed by atoms with Crippen LogP contribution in [0.3, 0.4) is 0 Å². The Balaban J connectivity index is 1.87. The number of carbonyl (C=O) groups is 2. The number of rotatable bonds is 8. The lowest BCUT2D eigenvalue weighted by Gasteiger charge is -2.24. The molecular formula is C24H22ClFN2O5S. The van der Waals surface area contributed by atoms with E-state index in [4.69, 9.17) is 16.3 Å². The van der Waals surface area contributed by atoms with E-state index < -0.39 is 34.3 Å². The van der Waals surface area contributed by atoms with Crippen molar-refractivity contribution in [2.45, 2.75) is 18.7 Å². The number of hydrogen-bond donors (Lipinski definition) is 1. The van der Waals surface area contributed by atoms with Crippen LogP contribution in [0.5, 0.6) is 0 Å². The maximum absolute atomic E-state index is 13.3. The highest BCUT2D eigenvalue weighted by Crippen LogP contribution is 2.25. The minimum atomic E-state index is -4.18. The molecule has 34 heavy (non-hydrogen) atoms. The van der Waals surface area contributed by atoms with Gasteiger partial charge in [-0.15, -0.1) is 0 Å². The molecular weight excluding hydrogens is 483 g/mol. The predicted molar refractivity (Wildman–Crippen MR) is 128 cm³/mol. The molecule has 0 saturated heterocycles. The Morgan fingerprint density at radius 1 is 1.03 bits per heavy atom. The molecule has 0 saturated carbocycles. The molecule has 0 bridgehead atoms. The molecule has 0 aliphatic carbocycles. The van der Waals surface area contributed by atoms with Crippen LogP contribution >= 0.6 is 11.6 Å². The lowest BCUT2D eigenvalue weighted by atomic mass is 10.2. The van der Waals surface area contributed by atoms with Gasteiger partial charge in [0.15, 0.2) is 0 Å². The van der Waals surface area contributed by atoms with Crippen LogP contribution in [0.2, 0.25) is 5.02 Å². The van der Waals surface area contributed by atoms with E-state index in [0.29, 0.717) is 0 Å². The standard InChI is InChI=1S/C24H22ClFN2O5S/c1-3-33-24(30)21-13-8-18(14-22(21)25)27-23(29)15-28(19-9-4-16(2)5-10-19)34(31,32)20-11-6-17(26)7-12-20/h4-14H,3,15H2,1-2H3,(H,27,29). The summed E-state index contributed by atoms with van der Waals surface area (Å²) in [4.78, 5) is 24.6. The van der Waals surface area contributed by atoms with Crippen LogP contribution in [-0.4, -0.2) is 33.4 Å². The van der Waals surface area contributed by atoms with Crippen molar-refractivity contribution < 1.29 is 27.1 Å². The topological polar surface area (TPSA) is 92.8 Å². The molecule has 3 aromatic carbocycles. The minimum Gasteiger partial charge on any atom is -0.462 e. The van der Waals surface area contributed by atoms with Gasteiger partial charge in [-0.1, -0.05) is 29.3 Å². The first-order valence-corrected chi connectivity index (χ1v) is 12.0. The molecule has 0 radical (unpaired) electrons. The second kappa shape index (κ2) is 10.7. The van der Waals surface area contributed by atoms with Crippen LogP contribution in [0.4, 0.5) is 15.8 Å². The van der Waals surface area contributed by atoms with Crippen LogP contribution < -0.4 is 9.62 Å². The lowest BCUT2D eigenvalue weighted by Crippen LogP contribution is -2.38. The molecule has 10 heteroatoms. The lowest BCUT2D eigenvalue weighted by molar-refractivity contribution is -0.114. The summed E-state index contributed by atoms with van der Waals surface area (Å²) in [6, 6.07) is 15.2. The van der Waals surface area contributed by atoms with Gasteiger partial charge in [0.05, 0.1) is 27.8 Å². The number of benzene rings is 3. The van der Waals surface area contributed by atoms with Gasteiger partial charge in [0.1, 0.15) is 12.4 Å². The zero-order valence-corrected chi connectivity index (χ0v) is 20.0. The van der Waals surface area contributed by atoms with Crippen molar-refractivity contribution in [1.82, 2.24) is 0 Å². The van der Waals surface area contributed by atoms with Gasteiger partial charge in [-0.05, 0) is 68.4 Å². The van der Waals surface area contributed by atoms with Gasteiger partial charge in [0.2, 0.25) is 5.91 Å². The van der Waals surface area contributed by atoms with E-state index in [-0.39, 0.29) is 33.5 Å². The fourth-order valence-electron chi connectivity index (χ4n) is 3.06. The molecule has 1 N–H and O–H groups in total. The van der Waals surface area contributed by atoms with Gasteiger partial charge < -0.3 is 10.1 Å². The maximum Gasteiger partial charge on any atom is 0.339 e. The summed E-state index contributed by atoms with van der Waals surface area (Å²) < 4.78 is 45.8. The molecule has 3 rings (SSSR count). The Bertz CT molecular complexity index is 1300. The van der Waals surface area contributed by atoms with Crippen LogP contribution in [0.1, 0.15) is 22.8 Å². The number of anilines is 2. The number of nitrogens with one attached hydrogen (secondary N) is 1. The molecule has 3 aromatic rings. The van der Waals surface area contributed by atoms with Crippen molar-refractivity contribution in [3.05, 3.63) is 88.7 Å². The largest absolute Gasteiger partial charge is 0.462 e. The number of halogens is 2. The smallest absolute Gasteiger partial charge is 0.339 e. The fraction of sp³-hybridized carbons (Fsp3) is 0.167. The first-order valence-electron chi connectivity index (χ1n) is 10.2. The number of aryl methyl sites for hydroxylation is 1. The third-order valence-electron chi connectivity index (χ3n) is 4.76. The Morgan fingerprint density at radius 2 is 1.68 bits per heavy atom. The number of hydrogen-bond acceptors (Lipinski definition) is 5. The quantitative estimate of drug-likeness (QED) is 0.445. The van der Waals surface area contributed by atoms with Gasteiger partial charge in [0, 0.05) is 5.69 Å². The van der Waals surface area contributed by atoms with Gasteiger partial charge in [-0.2, -0.15) is 0 Å². The van der Waals surface area contributed by atoms with E-state index in [2.05, 4.69) is 5.32 Å². The van der Waals surface area contributed by atoms with Crippen LogP contribution in [-0.2, 0) is 19.6 Å². The Morgan fingerprint density at radius 3 is 2.26 bits per heavy atom. The number of esters is 1. The van der Waals surface area contributed by atoms with Gasteiger partial charge in [-0.3, -0.25) is 9.10 Å². The molecule has 0 fully saturated rings. The zero-order valence-electron chi connectivity index (χ0n) is 18.4. The van der Waals surface area contributed by atoms with E-state index in [9.17, 15) is 22.4 Å². The van der Waals surface area contributed by atoms with E-state index in [1.54, 1.807) is 31.2 Å². The van der Waals surface area contributed by atoms with Gasteiger partial charge >= 0.3 is 5.97 Å². The summed E-state index contributed by atoms with van der Waals surface area (Å²) in [5.74, 6) is -1.82. The second-order valence-electron chi connectivity index (χ2n) is 7.26.